The Balaban J connectivity index is 1.96. The Morgan fingerprint density at radius 2 is 2.18 bits per heavy atom. The van der Waals surface area contributed by atoms with E-state index in [2.05, 4.69) is 5.32 Å². The van der Waals surface area contributed by atoms with Crippen molar-refractivity contribution in [2.24, 2.45) is 5.92 Å². The molecule has 0 saturated carbocycles. The van der Waals surface area contributed by atoms with E-state index in [0.29, 0.717) is 22.4 Å². The minimum atomic E-state index is -0.306. The molecule has 0 radical (unpaired) electrons. The molecular formula is C13H17Cl2NO. The molecule has 0 amide bonds. The van der Waals surface area contributed by atoms with Gasteiger partial charge in [-0.3, -0.25) is 0 Å². The Bertz CT molecular complexity index is 378. The monoisotopic (exact) mass is 273 g/mol. The normalized spacial score (nSPS) is 22.4. The van der Waals surface area contributed by atoms with Crippen LogP contribution in [0.25, 0.3) is 0 Å². The van der Waals surface area contributed by atoms with E-state index in [0.717, 1.165) is 31.5 Å². The van der Waals surface area contributed by atoms with E-state index < -0.39 is 0 Å². The highest BCUT2D eigenvalue weighted by Gasteiger charge is 2.21. The molecule has 0 aromatic heterocycles. The molecule has 1 aliphatic rings. The van der Waals surface area contributed by atoms with E-state index in [-0.39, 0.29) is 6.10 Å². The number of piperidine rings is 1. The zero-order valence-corrected chi connectivity index (χ0v) is 11.1. The van der Waals surface area contributed by atoms with E-state index in [1.54, 1.807) is 6.07 Å². The summed E-state index contributed by atoms with van der Waals surface area (Å²) >= 11 is 11.8. The van der Waals surface area contributed by atoms with Crippen molar-refractivity contribution < 1.29 is 5.11 Å². The summed E-state index contributed by atoms with van der Waals surface area (Å²) in [5.74, 6) is 0.346. The van der Waals surface area contributed by atoms with Gasteiger partial charge in [-0.15, -0.1) is 0 Å². The minimum absolute atomic E-state index is 0.306. The van der Waals surface area contributed by atoms with Gasteiger partial charge in [0.25, 0.3) is 0 Å². The first-order valence-corrected chi connectivity index (χ1v) is 6.75. The van der Waals surface area contributed by atoms with Crippen LogP contribution in [-0.2, 0) is 6.42 Å². The van der Waals surface area contributed by atoms with Crippen LogP contribution in [0.5, 0.6) is 0 Å². The van der Waals surface area contributed by atoms with Crippen molar-refractivity contribution in [1.29, 1.82) is 0 Å². The molecule has 17 heavy (non-hydrogen) atoms. The summed E-state index contributed by atoms with van der Waals surface area (Å²) in [7, 11) is 0. The lowest BCUT2D eigenvalue weighted by Gasteiger charge is -2.27. The Morgan fingerprint density at radius 3 is 2.82 bits per heavy atom. The molecule has 2 N–H and O–H groups in total. The quantitative estimate of drug-likeness (QED) is 0.888. The lowest BCUT2D eigenvalue weighted by molar-refractivity contribution is 0.0922. The van der Waals surface area contributed by atoms with E-state index in [9.17, 15) is 5.11 Å². The van der Waals surface area contributed by atoms with Crippen molar-refractivity contribution in [1.82, 2.24) is 5.32 Å². The van der Waals surface area contributed by atoms with Crippen molar-refractivity contribution in [3.63, 3.8) is 0 Å². The largest absolute Gasteiger partial charge is 0.392 e. The van der Waals surface area contributed by atoms with E-state index >= 15 is 0 Å². The number of halogens is 2. The van der Waals surface area contributed by atoms with E-state index in [1.807, 2.05) is 12.1 Å². The van der Waals surface area contributed by atoms with Gasteiger partial charge in [-0.1, -0.05) is 29.3 Å². The van der Waals surface area contributed by atoms with Crippen molar-refractivity contribution in [3.8, 4) is 0 Å². The third-order valence-corrected chi connectivity index (χ3v) is 4.05. The summed E-state index contributed by atoms with van der Waals surface area (Å²) in [6.07, 6.45) is 2.57. The van der Waals surface area contributed by atoms with Gasteiger partial charge < -0.3 is 10.4 Å². The number of hydrogen-bond donors (Lipinski definition) is 2. The molecule has 1 fully saturated rings. The number of benzene rings is 1. The highest BCUT2D eigenvalue weighted by Crippen LogP contribution is 2.24. The maximum atomic E-state index is 10.2. The molecule has 2 atom stereocenters. The summed E-state index contributed by atoms with van der Waals surface area (Å²) in [6, 6.07) is 5.54. The Hall–Kier alpha value is -0.280. The van der Waals surface area contributed by atoms with Crippen LogP contribution in [0.1, 0.15) is 18.4 Å². The molecular weight excluding hydrogens is 257 g/mol. The summed E-state index contributed by atoms with van der Waals surface area (Å²) < 4.78 is 0. The van der Waals surface area contributed by atoms with Gasteiger partial charge in [0, 0.05) is 6.54 Å². The van der Waals surface area contributed by atoms with Crippen LogP contribution >= 0.6 is 23.2 Å². The SMILES string of the molecule is OC(Cc1ccc(Cl)c(Cl)c1)C1CCCNC1. The maximum Gasteiger partial charge on any atom is 0.0620 e. The minimum Gasteiger partial charge on any atom is -0.392 e. The summed E-state index contributed by atoms with van der Waals surface area (Å²) in [5, 5.41) is 14.6. The van der Waals surface area contributed by atoms with E-state index in [4.69, 9.17) is 23.2 Å². The predicted octanol–water partition coefficient (Wildman–Crippen LogP) is 2.90. The van der Waals surface area contributed by atoms with Crippen molar-refractivity contribution in [3.05, 3.63) is 33.8 Å². The summed E-state index contributed by atoms with van der Waals surface area (Å²) in [4.78, 5) is 0. The Morgan fingerprint density at radius 1 is 1.35 bits per heavy atom. The second-order valence-electron chi connectivity index (χ2n) is 4.63. The first kappa shape index (κ1) is 13.2. The van der Waals surface area contributed by atoms with Crippen LogP contribution in [0.4, 0.5) is 0 Å². The molecule has 0 aliphatic carbocycles. The number of aliphatic hydroxyl groups excluding tert-OH is 1. The summed E-state index contributed by atoms with van der Waals surface area (Å²) in [6.45, 7) is 1.97. The molecule has 2 nitrogen and oxygen atoms in total. The number of rotatable bonds is 3. The van der Waals surface area contributed by atoms with Crippen molar-refractivity contribution in [2.75, 3.05) is 13.1 Å². The maximum absolute atomic E-state index is 10.2. The fourth-order valence-electron chi connectivity index (χ4n) is 2.28. The van der Waals surface area contributed by atoms with Crippen molar-refractivity contribution in [2.45, 2.75) is 25.4 Å². The third-order valence-electron chi connectivity index (χ3n) is 3.31. The number of hydrogen-bond acceptors (Lipinski definition) is 2. The van der Waals surface area contributed by atoms with Gasteiger partial charge in [0.05, 0.1) is 16.1 Å². The fourth-order valence-corrected chi connectivity index (χ4v) is 2.60. The zero-order chi connectivity index (χ0) is 12.3. The molecule has 4 heteroatoms. The average molecular weight is 274 g/mol. The number of nitrogens with one attached hydrogen (secondary N) is 1. The molecule has 2 unspecified atom stereocenters. The van der Waals surface area contributed by atoms with Crippen LogP contribution in [0.15, 0.2) is 18.2 Å². The molecule has 0 spiro atoms. The van der Waals surface area contributed by atoms with Gasteiger partial charge in [-0.2, -0.15) is 0 Å². The van der Waals surface area contributed by atoms with Gasteiger partial charge in [0.15, 0.2) is 0 Å². The third kappa shape index (κ3) is 3.59. The second-order valence-corrected chi connectivity index (χ2v) is 5.44. The average Bonchev–Trinajstić information content (AvgIpc) is 2.35. The zero-order valence-electron chi connectivity index (χ0n) is 9.63. The second kappa shape index (κ2) is 6.05. The molecule has 2 rings (SSSR count). The lowest BCUT2D eigenvalue weighted by atomic mass is 9.90. The standard InChI is InChI=1S/C13H17Cl2NO/c14-11-4-3-9(6-12(11)15)7-13(17)10-2-1-5-16-8-10/h3-4,6,10,13,16-17H,1-2,5,7-8H2. The van der Waals surface area contributed by atoms with Crippen LogP contribution < -0.4 is 5.32 Å². The van der Waals surface area contributed by atoms with E-state index in [1.165, 1.54) is 0 Å². The first-order chi connectivity index (χ1) is 8.16. The molecule has 1 heterocycles. The van der Waals surface area contributed by atoms with Crippen LogP contribution in [-0.4, -0.2) is 24.3 Å². The van der Waals surface area contributed by atoms with Gasteiger partial charge in [-0.05, 0) is 49.4 Å². The van der Waals surface area contributed by atoms with Crippen LogP contribution in [0.2, 0.25) is 10.0 Å². The van der Waals surface area contributed by atoms with Crippen LogP contribution in [0, 0.1) is 5.92 Å². The Kier molecular flexibility index (Phi) is 4.69. The Labute approximate surface area is 112 Å². The number of aliphatic hydroxyl groups is 1. The highest BCUT2D eigenvalue weighted by molar-refractivity contribution is 6.42. The lowest BCUT2D eigenvalue weighted by Crippen LogP contribution is -2.37. The summed E-state index contributed by atoms with van der Waals surface area (Å²) in [5.41, 5.74) is 1.04. The van der Waals surface area contributed by atoms with Gasteiger partial charge in [-0.25, -0.2) is 0 Å². The fraction of sp³-hybridized carbons (Fsp3) is 0.538. The molecule has 1 aliphatic heterocycles. The molecule has 1 aromatic carbocycles. The first-order valence-electron chi connectivity index (χ1n) is 5.99. The molecule has 1 aromatic rings. The highest BCUT2D eigenvalue weighted by atomic mass is 35.5. The topological polar surface area (TPSA) is 32.3 Å². The molecule has 1 saturated heterocycles. The van der Waals surface area contributed by atoms with Gasteiger partial charge >= 0.3 is 0 Å². The molecule has 0 bridgehead atoms. The van der Waals surface area contributed by atoms with Gasteiger partial charge in [0.2, 0.25) is 0 Å². The smallest absolute Gasteiger partial charge is 0.0620 e. The molecule has 94 valence electrons. The van der Waals surface area contributed by atoms with Crippen LogP contribution in [0.3, 0.4) is 0 Å². The van der Waals surface area contributed by atoms with Crippen molar-refractivity contribution >= 4 is 23.2 Å². The van der Waals surface area contributed by atoms with Gasteiger partial charge in [0.1, 0.15) is 0 Å². The predicted molar refractivity (Wildman–Crippen MR) is 71.8 cm³/mol.